The van der Waals surface area contributed by atoms with Crippen molar-refractivity contribution in [1.29, 1.82) is 0 Å². The van der Waals surface area contributed by atoms with Gasteiger partial charge in [-0.2, -0.15) is 0 Å². The van der Waals surface area contributed by atoms with Gasteiger partial charge in [0.05, 0.1) is 12.9 Å². The van der Waals surface area contributed by atoms with Crippen LogP contribution in [-0.2, 0) is 27.3 Å². The molecule has 8 heteroatoms. The van der Waals surface area contributed by atoms with Crippen LogP contribution >= 0.6 is 11.8 Å². The Bertz CT molecular complexity index is 951. The highest BCUT2D eigenvalue weighted by Gasteiger charge is 2.38. The lowest BCUT2D eigenvalue weighted by Gasteiger charge is -2.35. The molecule has 0 N–H and O–H groups in total. The van der Waals surface area contributed by atoms with E-state index in [1.165, 1.54) is 31.7 Å². The summed E-state index contributed by atoms with van der Waals surface area (Å²) in [6.07, 6.45) is 5.17. The van der Waals surface area contributed by atoms with Gasteiger partial charge in [0, 0.05) is 24.9 Å². The van der Waals surface area contributed by atoms with Crippen LogP contribution in [0.1, 0.15) is 54.6 Å². The second-order valence-electron chi connectivity index (χ2n) is 8.04. The molecule has 0 radical (unpaired) electrons. The highest BCUT2D eigenvalue weighted by molar-refractivity contribution is 7.99. The number of benzene rings is 1. The van der Waals surface area contributed by atoms with Gasteiger partial charge in [0.1, 0.15) is 11.9 Å². The van der Waals surface area contributed by atoms with Crippen LogP contribution in [0.4, 0.5) is 0 Å². The van der Waals surface area contributed by atoms with Gasteiger partial charge in [0.25, 0.3) is 0 Å². The lowest BCUT2D eigenvalue weighted by Crippen LogP contribution is -2.49. The predicted molar refractivity (Wildman–Crippen MR) is 107 cm³/mol. The Balaban J connectivity index is 1.33. The maximum Gasteiger partial charge on any atom is 0.328 e. The van der Waals surface area contributed by atoms with Crippen LogP contribution in [0.25, 0.3) is 0 Å². The van der Waals surface area contributed by atoms with Gasteiger partial charge in [-0.15, -0.1) is 10.2 Å². The molecule has 1 atom stereocenters. The molecule has 2 aliphatic carbocycles. The molecule has 1 amide bonds. The van der Waals surface area contributed by atoms with E-state index < -0.39 is 6.04 Å². The molecule has 2 heterocycles. The number of hydrogen-bond donors (Lipinski definition) is 0. The van der Waals surface area contributed by atoms with Crippen LogP contribution in [0.5, 0.6) is 0 Å². The summed E-state index contributed by atoms with van der Waals surface area (Å²) in [5, 5.41) is 9.61. The molecule has 1 unspecified atom stereocenters. The molecule has 2 aromatic rings. The van der Waals surface area contributed by atoms with Crippen molar-refractivity contribution >= 4 is 23.6 Å². The van der Waals surface area contributed by atoms with Crippen molar-refractivity contribution in [3.63, 3.8) is 0 Å². The Morgan fingerprint density at radius 1 is 1.14 bits per heavy atom. The van der Waals surface area contributed by atoms with Gasteiger partial charge in [-0.25, -0.2) is 4.79 Å². The number of ether oxygens (including phenoxy) is 1. The van der Waals surface area contributed by atoms with Crippen molar-refractivity contribution in [3.05, 3.63) is 41.2 Å². The summed E-state index contributed by atoms with van der Waals surface area (Å²) in [4.78, 5) is 27.1. The molecule has 2 fully saturated rings. The monoisotopic (exact) mass is 412 g/mol. The van der Waals surface area contributed by atoms with Crippen LogP contribution in [0, 0.1) is 0 Å². The molecule has 0 saturated heterocycles. The third-order valence-electron chi connectivity index (χ3n) is 5.91. The number of hydrogen-bond acceptors (Lipinski definition) is 6. The third-order valence-corrected chi connectivity index (χ3v) is 6.84. The summed E-state index contributed by atoms with van der Waals surface area (Å²) < 4.78 is 7.23. The Hall–Kier alpha value is -2.35. The van der Waals surface area contributed by atoms with Crippen LogP contribution in [0.15, 0.2) is 29.4 Å². The summed E-state index contributed by atoms with van der Waals surface area (Å²) in [5.41, 5.74) is 2.19. The van der Waals surface area contributed by atoms with Gasteiger partial charge in [-0.3, -0.25) is 4.79 Å². The third kappa shape index (κ3) is 3.66. The van der Waals surface area contributed by atoms with Crippen LogP contribution in [0.2, 0.25) is 0 Å². The number of fused-ring (bicyclic) bond motifs is 1. The minimum atomic E-state index is -0.577. The average molecular weight is 413 g/mol. The van der Waals surface area contributed by atoms with E-state index in [2.05, 4.69) is 14.8 Å². The number of esters is 1. The molecule has 1 aliphatic heterocycles. The second-order valence-corrected chi connectivity index (χ2v) is 8.98. The molecule has 2 saturated carbocycles. The first kappa shape index (κ1) is 18.7. The molecule has 29 heavy (non-hydrogen) atoms. The summed E-state index contributed by atoms with van der Waals surface area (Å²) in [6.45, 7) is 0.429. The second kappa shape index (κ2) is 7.48. The summed E-state index contributed by atoms with van der Waals surface area (Å²) in [5.74, 6) is 1.43. The fourth-order valence-electron chi connectivity index (χ4n) is 4.02. The van der Waals surface area contributed by atoms with Crippen molar-refractivity contribution < 1.29 is 14.3 Å². The van der Waals surface area contributed by atoms with Crippen LogP contribution < -0.4 is 0 Å². The highest BCUT2D eigenvalue weighted by atomic mass is 32.2. The molecule has 7 nitrogen and oxygen atoms in total. The van der Waals surface area contributed by atoms with E-state index in [0.29, 0.717) is 24.9 Å². The lowest BCUT2D eigenvalue weighted by molar-refractivity contribution is -0.153. The van der Waals surface area contributed by atoms with E-state index in [1.807, 2.05) is 24.3 Å². The molecule has 1 aromatic carbocycles. The first-order chi connectivity index (χ1) is 14.2. The number of aromatic nitrogens is 3. The Morgan fingerprint density at radius 3 is 2.59 bits per heavy atom. The zero-order valence-electron chi connectivity index (χ0n) is 16.4. The van der Waals surface area contributed by atoms with Crippen molar-refractivity contribution in [2.24, 2.45) is 0 Å². The molecule has 0 spiro atoms. The highest BCUT2D eigenvalue weighted by Crippen LogP contribution is 2.46. The van der Waals surface area contributed by atoms with E-state index in [4.69, 9.17) is 4.74 Å². The molecular formula is C21H24N4O3S. The number of amides is 1. The SMILES string of the molecule is COC(=O)C1Cc2ccccc2CN1C(=O)CSc1nnc(C2CC2)n1C1CC1. The van der Waals surface area contributed by atoms with E-state index in [9.17, 15) is 9.59 Å². The Morgan fingerprint density at radius 2 is 1.90 bits per heavy atom. The van der Waals surface area contributed by atoms with E-state index >= 15 is 0 Å². The van der Waals surface area contributed by atoms with Gasteiger partial charge in [-0.05, 0) is 36.8 Å². The van der Waals surface area contributed by atoms with E-state index in [1.54, 1.807) is 4.90 Å². The molecular weight excluding hydrogens is 388 g/mol. The number of carbonyl (C=O) groups is 2. The van der Waals surface area contributed by atoms with Crippen molar-refractivity contribution in [2.75, 3.05) is 12.9 Å². The van der Waals surface area contributed by atoms with Crippen molar-refractivity contribution in [3.8, 4) is 0 Å². The molecule has 152 valence electrons. The maximum absolute atomic E-state index is 13.1. The average Bonchev–Trinajstić information content (AvgIpc) is 3.69. The van der Waals surface area contributed by atoms with Gasteiger partial charge in [0.2, 0.25) is 5.91 Å². The predicted octanol–water partition coefficient (Wildman–Crippen LogP) is 2.71. The summed E-state index contributed by atoms with van der Waals surface area (Å²) >= 11 is 1.43. The van der Waals surface area contributed by atoms with E-state index in [-0.39, 0.29) is 17.6 Å². The molecule has 1 aromatic heterocycles. The summed E-state index contributed by atoms with van der Waals surface area (Å²) in [6, 6.07) is 7.87. The first-order valence-electron chi connectivity index (χ1n) is 10.2. The van der Waals surface area contributed by atoms with Gasteiger partial charge < -0.3 is 14.2 Å². The molecule has 5 rings (SSSR count). The van der Waals surface area contributed by atoms with E-state index in [0.717, 1.165) is 34.9 Å². The summed E-state index contributed by atoms with van der Waals surface area (Å²) in [7, 11) is 1.37. The largest absolute Gasteiger partial charge is 0.467 e. The molecule has 3 aliphatic rings. The van der Waals surface area contributed by atoms with Gasteiger partial charge >= 0.3 is 5.97 Å². The van der Waals surface area contributed by atoms with Gasteiger partial charge in [0.15, 0.2) is 5.16 Å². The topological polar surface area (TPSA) is 77.3 Å². The van der Waals surface area contributed by atoms with Crippen molar-refractivity contribution in [1.82, 2.24) is 19.7 Å². The molecule has 0 bridgehead atoms. The number of methoxy groups -OCH3 is 1. The number of carbonyl (C=O) groups excluding carboxylic acids is 2. The van der Waals surface area contributed by atoms with Gasteiger partial charge in [-0.1, -0.05) is 36.0 Å². The fourth-order valence-corrected chi connectivity index (χ4v) is 4.92. The lowest BCUT2D eigenvalue weighted by atomic mass is 9.94. The van der Waals surface area contributed by atoms with Crippen LogP contribution in [0.3, 0.4) is 0 Å². The normalized spacial score (nSPS) is 21.0. The fraction of sp³-hybridized carbons (Fsp3) is 0.524. The Labute approximate surface area is 173 Å². The zero-order valence-corrected chi connectivity index (χ0v) is 17.2. The van der Waals surface area contributed by atoms with Crippen molar-refractivity contribution in [2.45, 2.75) is 61.8 Å². The Kier molecular flexibility index (Phi) is 4.81. The standard InChI is InChI=1S/C21H24N4O3S/c1-28-20(27)17-10-14-4-2-3-5-15(14)11-24(17)18(26)12-29-21-23-22-19(13-6-7-13)25(21)16-8-9-16/h2-5,13,16-17H,6-12H2,1H3. The van der Waals surface area contributed by atoms with Crippen LogP contribution in [-0.4, -0.2) is 50.4 Å². The quantitative estimate of drug-likeness (QED) is 0.536. The maximum atomic E-state index is 13.1. The minimum absolute atomic E-state index is 0.0711. The number of rotatable bonds is 6. The zero-order chi connectivity index (χ0) is 20.0. The number of thioether (sulfide) groups is 1. The number of nitrogens with zero attached hydrogens (tertiary/aromatic N) is 4. The first-order valence-corrected chi connectivity index (χ1v) is 11.2. The minimum Gasteiger partial charge on any atom is -0.467 e. The smallest absolute Gasteiger partial charge is 0.328 e.